The summed E-state index contributed by atoms with van der Waals surface area (Å²) < 4.78 is 12.3. The van der Waals surface area contributed by atoms with Crippen molar-refractivity contribution in [3.63, 3.8) is 0 Å². The Balaban J connectivity index is 1.50. The van der Waals surface area contributed by atoms with Crippen molar-refractivity contribution in [1.82, 2.24) is 14.8 Å². The molecule has 1 amide bonds. The number of nitrogens with zero attached hydrogens (tertiary/aromatic N) is 3. The number of methoxy groups -OCH3 is 2. The van der Waals surface area contributed by atoms with Crippen LogP contribution in [0.2, 0.25) is 0 Å². The van der Waals surface area contributed by atoms with E-state index in [1.165, 1.54) is 35.1 Å². The van der Waals surface area contributed by atoms with Crippen LogP contribution in [-0.4, -0.2) is 46.6 Å². The minimum absolute atomic E-state index is 0.124. The first-order chi connectivity index (χ1) is 18.4. The van der Waals surface area contributed by atoms with Crippen molar-refractivity contribution >= 4 is 51.3 Å². The lowest BCUT2D eigenvalue weighted by atomic mass is 10.0. The maximum absolute atomic E-state index is 13.0. The Bertz CT molecular complexity index is 1410. The molecule has 8 nitrogen and oxygen atoms in total. The predicted molar refractivity (Wildman–Crippen MR) is 155 cm³/mol. The summed E-state index contributed by atoms with van der Waals surface area (Å²) in [6, 6.07) is 9.54. The lowest BCUT2D eigenvalue weighted by molar-refractivity contribution is -0.113. The minimum Gasteiger partial charge on any atom is -0.497 e. The Kier molecular flexibility index (Phi) is 9.24. The SMILES string of the molecule is CCCn1c(SCC(=O)Nc2scc(-c3ccc(OC)cc3)c2C(=O)OC)nnc1-c1csc(C(C)C)c1. The number of amides is 1. The van der Waals surface area contributed by atoms with Crippen molar-refractivity contribution in [3.8, 4) is 28.3 Å². The number of aromatic nitrogens is 3. The van der Waals surface area contributed by atoms with E-state index in [0.717, 1.165) is 29.9 Å². The lowest BCUT2D eigenvalue weighted by Gasteiger charge is -2.09. The Morgan fingerprint density at radius 2 is 1.84 bits per heavy atom. The van der Waals surface area contributed by atoms with Gasteiger partial charge >= 0.3 is 5.97 Å². The summed E-state index contributed by atoms with van der Waals surface area (Å²) >= 11 is 4.33. The van der Waals surface area contributed by atoms with Crippen LogP contribution in [0, 0.1) is 0 Å². The number of ether oxygens (including phenoxy) is 2. The fraction of sp³-hybridized carbons (Fsp3) is 0.333. The Morgan fingerprint density at radius 3 is 2.47 bits per heavy atom. The van der Waals surface area contributed by atoms with E-state index in [4.69, 9.17) is 9.47 Å². The third-order valence-corrected chi connectivity index (χ3v) is 8.87. The summed E-state index contributed by atoms with van der Waals surface area (Å²) in [4.78, 5) is 26.9. The molecule has 3 heterocycles. The molecule has 38 heavy (non-hydrogen) atoms. The summed E-state index contributed by atoms with van der Waals surface area (Å²) in [5, 5.41) is 16.8. The smallest absolute Gasteiger partial charge is 0.341 e. The quantitative estimate of drug-likeness (QED) is 0.157. The van der Waals surface area contributed by atoms with Crippen LogP contribution in [0.4, 0.5) is 5.00 Å². The zero-order chi connectivity index (χ0) is 27.2. The first-order valence-electron chi connectivity index (χ1n) is 12.1. The number of anilines is 1. The second-order valence-electron chi connectivity index (χ2n) is 8.76. The van der Waals surface area contributed by atoms with Crippen LogP contribution in [0.5, 0.6) is 5.75 Å². The highest BCUT2D eigenvalue weighted by Gasteiger charge is 2.23. The molecule has 0 fully saturated rings. The normalized spacial score (nSPS) is 11.1. The zero-order valence-corrected chi connectivity index (χ0v) is 24.4. The Morgan fingerprint density at radius 1 is 1.08 bits per heavy atom. The number of hydrogen-bond acceptors (Lipinski definition) is 9. The van der Waals surface area contributed by atoms with Gasteiger partial charge in [0.05, 0.1) is 20.0 Å². The highest BCUT2D eigenvalue weighted by atomic mass is 32.2. The van der Waals surface area contributed by atoms with Gasteiger partial charge in [-0.15, -0.1) is 32.9 Å². The fourth-order valence-corrected chi connectivity index (χ4v) is 6.48. The standard InChI is InChI=1S/C27H30N4O4S3/c1-6-11-31-24(18-12-21(16(2)3)36-13-18)29-30-27(31)38-15-22(32)28-25-23(26(33)35-5)20(14-37-25)17-7-9-19(34-4)10-8-17/h7-10,12-14,16H,6,11,15H2,1-5H3,(H,28,32). The molecule has 1 aromatic carbocycles. The average Bonchev–Trinajstić information content (AvgIpc) is 3.66. The van der Waals surface area contributed by atoms with Crippen molar-refractivity contribution < 1.29 is 19.1 Å². The van der Waals surface area contributed by atoms with Gasteiger partial charge in [0.15, 0.2) is 11.0 Å². The summed E-state index contributed by atoms with van der Waals surface area (Å²) in [5.41, 5.74) is 2.89. The number of thioether (sulfide) groups is 1. The number of nitrogens with one attached hydrogen (secondary N) is 1. The maximum atomic E-state index is 13.0. The van der Waals surface area contributed by atoms with E-state index in [1.54, 1.807) is 18.4 Å². The van der Waals surface area contributed by atoms with Crippen LogP contribution in [0.3, 0.4) is 0 Å². The van der Waals surface area contributed by atoms with Crippen LogP contribution in [0.25, 0.3) is 22.5 Å². The Labute approximate surface area is 234 Å². The molecule has 0 spiro atoms. The van der Waals surface area contributed by atoms with Crippen LogP contribution >= 0.6 is 34.4 Å². The molecule has 1 N–H and O–H groups in total. The zero-order valence-electron chi connectivity index (χ0n) is 21.9. The van der Waals surface area contributed by atoms with Gasteiger partial charge in [-0.05, 0) is 36.1 Å². The summed E-state index contributed by atoms with van der Waals surface area (Å²) in [6.45, 7) is 7.20. The molecule has 11 heteroatoms. The van der Waals surface area contributed by atoms with Crippen molar-refractivity contribution in [2.45, 2.75) is 44.8 Å². The number of carbonyl (C=O) groups is 2. The molecule has 0 bridgehead atoms. The van der Waals surface area contributed by atoms with Gasteiger partial charge in [-0.25, -0.2) is 4.79 Å². The van der Waals surface area contributed by atoms with Gasteiger partial charge in [-0.3, -0.25) is 4.79 Å². The van der Waals surface area contributed by atoms with E-state index in [2.05, 4.69) is 52.3 Å². The molecule has 0 atom stereocenters. The molecule has 4 rings (SSSR count). The largest absolute Gasteiger partial charge is 0.497 e. The lowest BCUT2D eigenvalue weighted by Crippen LogP contribution is -2.16. The van der Waals surface area contributed by atoms with Crippen LogP contribution in [0.1, 0.15) is 48.3 Å². The number of rotatable bonds is 11. The maximum Gasteiger partial charge on any atom is 0.341 e. The van der Waals surface area contributed by atoms with Crippen LogP contribution in [-0.2, 0) is 16.1 Å². The van der Waals surface area contributed by atoms with E-state index in [-0.39, 0.29) is 11.7 Å². The van der Waals surface area contributed by atoms with E-state index in [1.807, 2.05) is 29.6 Å². The third kappa shape index (κ3) is 6.11. The average molecular weight is 571 g/mol. The van der Waals surface area contributed by atoms with Gasteiger partial charge < -0.3 is 19.4 Å². The van der Waals surface area contributed by atoms with E-state index >= 15 is 0 Å². The van der Waals surface area contributed by atoms with Gasteiger partial charge in [-0.1, -0.05) is 44.7 Å². The molecular formula is C27H30N4O4S3. The number of thiophene rings is 2. The van der Waals surface area contributed by atoms with E-state index in [9.17, 15) is 9.59 Å². The highest BCUT2D eigenvalue weighted by molar-refractivity contribution is 7.99. The first kappa shape index (κ1) is 27.9. The fourth-order valence-electron chi connectivity index (χ4n) is 3.84. The monoisotopic (exact) mass is 570 g/mol. The number of hydrogen-bond donors (Lipinski definition) is 1. The molecule has 4 aromatic rings. The topological polar surface area (TPSA) is 95.3 Å². The number of esters is 1. The predicted octanol–water partition coefficient (Wildman–Crippen LogP) is 6.79. The highest BCUT2D eigenvalue weighted by Crippen LogP contribution is 2.37. The molecule has 0 aliphatic carbocycles. The molecule has 0 radical (unpaired) electrons. The molecule has 0 aliphatic heterocycles. The van der Waals surface area contributed by atoms with E-state index < -0.39 is 5.97 Å². The van der Waals surface area contributed by atoms with Crippen molar-refractivity contribution in [3.05, 3.63) is 51.5 Å². The molecule has 0 saturated carbocycles. The van der Waals surface area contributed by atoms with E-state index in [0.29, 0.717) is 33.0 Å². The van der Waals surface area contributed by atoms with Gasteiger partial charge in [-0.2, -0.15) is 0 Å². The summed E-state index contributed by atoms with van der Waals surface area (Å²) in [6.07, 6.45) is 0.914. The van der Waals surface area contributed by atoms with Crippen molar-refractivity contribution in [1.29, 1.82) is 0 Å². The second-order valence-corrected chi connectivity index (χ2v) is 11.5. The molecular weight excluding hydrogens is 541 g/mol. The summed E-state index contributed by atoms with van der Waals surface area (Å²) in [5.74, 6) is 1.35. The molecule has 0 aliphatic rings. The minimum atomic E-state index is -0.510. The van der Waals surface area contributed by atoms with Gasteiger partial charge in [0, 0.05) is 33.3 Å². The van der Waals surface area contributed by atoms with Crippen LogP contribution < -0.4 is 10.1 Å². The molecule has 0 saturated heterocycles. The Hall–Kier alpha value is -3.15. The number of benzene rings is 1. The molecule has 0 unspecified atom stereocenters. The third-order valence-electron chi connectivity index (χ3n) is 5.78. The van der Waals surface area contributed by atoms with Crippen molar-refractivity contribution in [2.24, 2.45) is 0 Å². The second kappa shape index (κ2) is 12.6. The number of carbonyl (C=O) groups excluding carboxylic acids is 2. The molecule has 3 aromatic heterocycles. The van der Waals surface area contributed by atoms with Gasteiger partial charge in [0.25, 0.3) is 0 Å². The van der Waals surface area contributed by atoms with Crippen LogP contribution in [0.15, 0.2) is 46.2 Å². The van der Waals surface area contributed by atoms with Crippen molar-refractivity contribution in [2.75, 3.05) is 25.3 Å². The first-order valence-corrected chi connectivity index (χ1v) is 14.9. The summed E-state index contributed by atoms with van der Waals surface area (Å²) in [7, 11) is 2.93. The molecule has 200 valence electrons. The van der Waals surface area contributed by atoms with Gasteiger partial charge in [0.1, 0.15) is 16.3 Å². The van der Waals surface area contributed by atoms with Gasteiger partial charge in [0.2, 0.25) is 5.91 Å².